The molecule has 0 saturated heterocycles. The van der Waals surface area contributed by atoms with E-state index in [4.69, 9.17) is 4.74 Å². The summed E-state index contributed by atoms with van der Waals surface area (Å²) < 4.78 is 5.68. The normalized spacial score (nSPS) is 28.5. The van der Waals surface area contributed by atoms with Gasteiger partial charge in [0.1, 0.15) is 12.2 Å². The average molecular weight is 373 g/mol. The van der Waals surface area contributed by atoms with E-state index in [1.54, 1.807) is 18.3 Å². The van der Waals surface area contributed by atoms with Gasteiger partial charge in [0.25, 0.3) is 0 Å². The van der Waals surface area contributed by atoms with Crippen LogP contribution in [0.5, 0.6) is 0 Å². The van der Waals surface area contributed by atoms with Crippen LogP contribution in [0.25, 0.3) is 0 Å². The van der Waals surface area contributed by atoms with Crippen LogP contribution in [-0.4, -0.2) is 24.4 Å². The number of allylic oxidation sites excluding steroid dienone is 5. The molecule has 27 heavy (non-hydrogen) atoms. The first-order chi connectivity index (χ1) is 12.4. The van der Waals surface area contributed by atoms with Crippen LogP contribution < -0.4 is 0 Å². The molecule has 0 bridgehead atoms. The summed E-state index contributed by atoms with van der Waals surface area (Å²) >= 11 is 0. The number of methoxy groups -OCH3 is 1. The molecule has 2 nitrogen and oxygen atoms in total. The first-order valence-electron chi connectivity index (χ1n) is 10.4. The first kappa shape index (κ1) is 22.2. The molecule has 0 saturated carbocycles. The van der Waals surface area contributed by atoms with Gasteiger partial charge in [0.05, 0.1) is 0 Å². The van der Waals surface area contributed by atoms with Gasteiger partial charge < -0.3 is 9.84 Å². The van der Waals surface area contributed by atoms with Crippen LogP contribution >= 0.6 is 0 Å². The van der Waals surface area contributed by atoms with Gasteiger partial charge >= 0.3 is 0 Å². The summed E-state index contributed by atoms with van der Waals surface area (Å²) in [6, 6.07) is 0. The Morgan fingerprint density at radius 2 is 1.89 bits per heavy atom. The van der Waals surface area contributed by atoms with Crippen molar-refractivity contribution in [2.24, 2.45) is 10.8 Å². The summed E-state index contributed by atoms with van der Waals surface area (Å²) in [6.45, 7) is 17.9. The maximum absolute atomic E-state index is 10.7. The Morgan fingerprint density at radius 1 is 1.26 bits per heavy atom. The maximum Gasteiger partial charge on any atom is 0.112 e. The fraction of sp³-hybridized carbons (Fsp3) is 0.680. The van der Waals surface area contributed by atoms with Crippen molar-refractivity contribution in [2.45, 2.75) is 93.3 Å². The average Bonchev–Trinajstić information content (AvgIpc) is 2.76. The van der Waals surface area contributed by atoms with E-state index in [9.17, 15) is 5.11 Å². The molecule has 0 aliphatic heterocycles. The fourth-order valence-corrected chi connectivity index (χ4v) is 5.04. The molecule has 0 spiro atoms. The van der Waals surface area contributed by atoms with Crippen LogP contribution in [0.4, 0.5) is 0 Å². The highest BCUT2D eigenvalue weighted by molar-refractivity contribution is 5.52. The Balaban J connectivity index is 2.36. The molecule has 2 atom stereocenters. The highest BCUT2D eigenvalue weighted by Gasteiger charge is 2.40. The lowest BCUT2D eigenvalue weighted by Gasteiger charge is -2.34. The Hall–Kier alpha value is -1.12. The van der Waals surface area contributed by atoms with Gasteiger partial charge in [-0.05, 0) is 74.0 Å². The topological polar surface area (TPSA) is 29.5 Å². The number of aliphatic hydroxyl groups is 1. The van der Waals surface area contributed by atoms with E-state index in [0.29, 0.717) is 5.41 Å². The molecule has 0 fully saturated rings. The van der Waals surface area contributed by atoms with Gasteiger partial charge in [0.15, 0.2) is 0 Å². The number of hydrogen-bond acceptors (Lipinski definition) is 2. The van der Waals surface area contributed by atoms with Crippen molar-refractivity contribution in [3.8, 4) is 0 Å². The third kappa shape index (κ3) is 4.66. The second kappa shape index (κ2) is 8.09. The molecule has 0 heterocycles. The molecule has 0 unspecified atom stereocenters. The molecule has 0 radical (unpaired) electrons. The molecule has 2 heteroatoms. The summed E-state index contributed by atoms with van der Waals surface area (Å²) in [4.78, 5) is 0. The number of hydrogen-bond donors (Lipinski definition) is 1. The fourth-order valence-electron chi connectivity index (χ4n) is 5.04. The summed E-state index contributed by atoms with van der Waals surface area (Å²) in [5.41, 5.74) is 8.12. The van der Waals surface area contributed by atoms with Crippen molar-refractivity contribution in [3.05, 3.63) is 45.6 Å². The third-order valence-corrected chi connectivity index (χ3v) is 6.42. The predicted molar refractivity (Wildman–Crippen MR) is 116 cm³/mol. The molecule has 1 N–H and O–H groups in total. The van der Waals surface area contributed by atoms with Gasteiger partial charge in [0.2, 0.25) is 0 Å². The largest absolute Gasteiger partial charge is 0.386 e. The number of ether oxygens (including phenoxy) is 1. The van der Waals surface area contributed by atoms with Gasteiger partial charge in [-0.2, -0.15) is 0 Å². The van der Waals surface area contributed by atoms with Crippen molar-refractivity contribution in [1.29, 1.82) is 0 Å². The van der Waals surface area contributed by atoms with Crippen LogP contribution in [0.15, 0.2) is 45.6 Å². The molecular weight excluding hydrogens is 332 g/mol. The Bertz CT molecular complexity index is 692. The molecule has 0 amide bonds. The smallest absolute Gasteiger partial charge is 0.112 e. The molecule has 2 aliphatic rings. The Morgan fingerprint density at radius 3 is 2.41 bits per heavy atom. The van der Waals surface area contributed by atoms with Crippen molar-refractivity contribution in [1.82, 2.24) is 0 Å². The Kier molecular flexibility index (Phi) is 6.64. The van der Waals surface area contributed by atoms with Gasteiger partial charge in [-0.1, -0.05) is 63.5 Å². The van der Waals surface area contributed by atoms with Gasteiger partial charge in [0, 0.05) is 7.11 Å². The summed E-state index contributed by atoms with van der Waals surface area (Å²) in [7, 11) is 1.69. The van der Waals surface area contributed by atoms with Crippen LogP contribution in [-0.2, 0) is 4.74 Å². The molecule has 0 aromatic carbocycles. The summed E-state index contributed by atoms with van der Waals surface area (Å²) in [5.74, 6) is 0. The second-order valence-corrected chi connectivity index (χ2v) is 10.2. The Labute approximate surface area is 167 Å². The minimum atomic E-state index is -0.550. The van der Waals surface area contributed by atoms with Gasteiger partial charge in [-0.3, -0.25) is 0 Å². The van der Waals surface area contributed by atoms with Crippen LogP contribution in [0.1, 0.15) is 81.1 Å². The van der Waals surface area contributed by atoms with Crippen molar-refractivity contribution in [2.75, 3.05) is 7.11 Å². The van der Waals surface area contributed by atoms with E-state index < -0.39 is 6.10 Å². The third-order valence-electron chi connectivity index (χ3n) is 6.42. The molecule has 0 aromatic heterocycles. The van der Waals surface area contributed by atoms with E-state index in [2.05, 4.69) is 60.6 Å². The van der Waals surface area contributed by atoms with Gasteiger partial charge in [-0.15, -0.1) is 0 Å². The number of aliphatic hydroxyl groups excluding tert-OH is 1. The SMILES string of the molecule is CO[C@H]1/C(=C\C(C)=C\CC2=C(C)CCCC2(C)C)C(C(C)(C)C)=C(C)[C@@H]1O. The lowest BCUT2D eigenvalue weighted by atomic mass is 9.71. The minimum absolute atomic E-state index is 0.0189. The lowest BCUT2D eigenvalue weighted by Crippen LogP contribution is -2.25. The lowest BCUT2D eigenvalue weighted by molar-refractivity contribution is 0.0388. The minimum Gasteiger partial charge on any atom is -0.386 e. The maximum atomic E-state index is 10.7. The predicted octanol–water partition coefficient (Wildman–Crippen LogP) is 6.53. The van der Waals surface area contributed by atoms with Crippen molar-refractivity contribution in [3.63, 3.8) is 0 Å². The zero-order valence-corrected chi connectivity index (χ0v) is 19.0. The zero-order chi connectivity index (χ0) is 20.6. The van der Waals surface area contributed by atoms with Crippen LogP contribution in [0.2, 0.25) is 0 Å². The highest BCUT2D eigenvalue weighted by atomic mass is 16.5. The molecule has 152 valence electrons. The number of rotatable bonds is 4. The van der Waals surface area contributed by atoms with E-state index in [1.807, 2.05) is 6.92 Å². The summed E-state index contributed by atoms with van der Waals surface area (Å²) in [5, 5.41) is 10.7. The second-order valence-electron chi connectivity index (χ2n) is 10.2. The van der Waals surface area contributed by atoms with E-state index in [0.717, 1.165) is 17.6 Å². The van der Waals surface area contributed by atoms with Gasteiger partial charge in [-0.25, -0.2) is 0 Å². The van der Waals surface area contributed by atoms with Crippen LogP contribution in [0.3, 0.4) is 0 Å². The highest BCUT2D eigenvalue weighted by Crippen LogP contribution is 2.45. The van der Waals surface area contributed by atoms with E-state index in [-0.39, 0.29) is 11.5 Å². The van der Waals surface area contributed by atoms with Crippen molar-refractivity contribution < 1.29 is 9.84 Å². The monoisotopic (exact) mass is 372 g/mol. The quantitative estimate of drug-likeness (QED) is 0.569. The zero-order valence-electron chi connectivity index (χ0n) is 19.0. The van der Waals surface area contributed by atoms with Crippen LogP contribution in [0, 0.1) is 10.8 Å². The molecule has 2 aliphatic carbocycles. The van der Waals surface area contributed by atoms with E-state index >= 15 is 0 Å². The van der Waals surface area contributed by atoms with Crippen molar-refractivity contribution >= 4 is 0 Å². The molecule has 0 aromatic rings. The summed E-state index contributed by atoms with van der Waals surface area (Å²) in [6.07, 6.45) is 8.61. The first-order valence-corrected chi connectivity index (χ1v) is 10.4. The van der Waals surface area contributed by atoms with E-state index in [1.165, 1.54) is 30.4 Å². The standard InChI is InChI=1S/C25H40O2/c1-16(12-13-20-17(2)11-10-14-25(20,7)8)15-19-21(24(4,5)6)18(3)22(26)23(19)27-9/h12,15,22-23,26H,10-11,13-14H2,1-9H3/b16-12+,19-15-/t22-,23-/m0/s1. The molecule has 2 rings (SSSR count). The molecular formula is C25H40O2.